The summed E-state index contributed by atoms with van der Waals surface area (Å²) >= 11 is 1.33. The number of esters is 1. The highest BCUT2D eigenvalue weighted by Gasteiger charge is 2.20. The van der Waals surface area contributed by atoms with E-state index in [0.717, 1.165) is 12.0 Å². The topological polar surface area (TPSA) is 46.6 Å². The third kappa shape index (κ3) is 3.74. The monoisotopic (exact) mass is 341 g/mol. The van der Waals surface area contributed by atoms with Crippen molar-refractivity contribution < 1.29 is 14.3 Å². The fourth-order valence-electron chi connectivity index (χ4n) is 2.68. The van der Waals surface area contributed by atoms with Crippen molar-refractivity contribution >= 4 is 28.8 Å². The molecule has 1 aliphatic rings. The van der Waals surface area contributed by atoms with Gasteiger partial charge in [-0.2, -0.15) is 0 Å². The zero-order chi connectivity index (χ0) is 16.9. The zero-order valence-electron chi connectivity index (χ0n) is 13.5. The molecule has 0 atom stereocenters. The summed E-state index contributed by atoms with van der Waals surface area (Å²) in [5.41, 5.74) is 3.33. The lowest BCUT2D eigenvalue weighted by Gasteiger charge is -2.26. The molecule has 0 saturated carbocycles. The van der Waals surface area contributed by atoms with Crippen LogP contribution in [-0.2, 0) is 9.53 Å². The van der Waals surface area contributed by atoms with E-state index in [4.69, 9.17) is 4.74 Å². The van der Waals surface area contributed by atoms with Crippen molar-refractivity contribution in [3.63, 3.8) is 0 Å². The molecule has 4 nitrogen and oxygen atoms in total. The SMILES string of the molecule is Cc1ccsc1C(=O)OCC(=O)N1CC=C(c2ccccc2)CC1. The lowest BCUT2D eigenvalue weighted by atomic mass is 10.00. The van der Waals surface area contributed by atoms with E-state index in [1.807, 2.05) is 36.6 Å². The smallest absolute Gasteiger partial charge is 0.349 e. The van der Waals surface area contributed by atoms with Crippen molar-refractivity contribution in [2.24, 2.45) is 0 Å². The summed E-state index contributed by atoms with van der Waals surface area (Å²) in [7, 11) is 0. The van der Waals surface area contributed by atoms with Gasteiger partial charge in [0.15, 0.2) is 6.61 Å². The highest BCUT2D eigenvalue weighted by Crippen LogP contribution is 2.22. The van der Waals surface area contributed by atoms with Gasteiger partial charge in [0.25, 0.3) is 5.91 Å². The van der Waals surface area contributed by atoms with Gasteiger partial charge in [0, 0.05) is 13.1 Å². The van der Waals surface area contributed by atoms with E-state index in [9.17, 15) is 9.59 Å². The molecule has 124 valence electrons. The lowest BCUT2D eigenvalue weighted by Crippen LogP contribution is -2.37. The van der Waals surface area contributed by atoms with Crippen LogP contribution in [-0.4, -0.2) is 36.5 Å². The molecule has 0 bridgehead atoms. The second-order valence-corrected chi connectivity index (χ2v) is 6.61. The van der Waals surface area contributed by atoms with Gasteiger partial charge in [-0.05, 0) is 41.5 Å². The fraction of sp³-hybridized carbons (Fsp3) is 0.263. The summed E-state index contributed by atoms with van der Waals surface area (Å²) in [5.74, 6) is -0.575. The molecule has 2 heterocycles. The summed E-state index contributed by atoms with van der Waals surface area (Å²) in [5, 5.41) is 1.84. The van der Waals surface area contributed by atoms with E-state index in [-0.39, 0.29) is 12.5 Å². The largest absolute Gasteiger partial charge is 0.451 e. The van der Waals surface area contributed by atoms with E-state index in [1.165, 1.54) is 22.5 Å². The van der Waals surface area contributed by atoms with E-state index in [0.29, 0.717) is 18.0 Å². The Morgan fingerprint density at radius 3 is 2.62 bits per heavy atom. The number of rotatable bonds is 4. The van der Waals surface area contributed by atoms with Gasteiger partial charge in [-0.3, -0.25) is 4.79 Å². The number of hydrogen-bond donors (Lipinski definition) is 0. The normalized spacial score (nSPS) is 14.2. The van der Waals surface area contributed by atoms with Crippen molar-refractivity contribution in [1.82, 2.24) is 4.90 Å². The van der Waals surface area contributed by atoms with Gasteiger partial charge < -0.3 is 9.64 Å². The number of carbonyl (C=O) groups is 2. The molecule has 0 N–H and O–H groups in total. The van der Waals surface area contributed by atoms with Crippen LogP contribution in [0.15, 0.2) is 47.9 Å². The van der Waals surface area contributed by atoms with Gasteiger partial charge in [-0.15, -0.1) is 11.3 Å². The Morgan fingerprint density at radius 2 is 2.00 bits per heavy atom. The van der Waals surface area contributed by atoms with Crippen LogP contribution in [0.4, 0.5) is 0 Å². The minimum Gasteiger partial charge on any atom is -0.451 e. The number of thiophene rings is 1. The Labute approximate surface area is 145 Å². The molecule has 5 heteroatoms. The van der Waals surface area contributed by atoms with Gasteiger partial charge >= 0.3 is 5.97 Å². The number of nitrogens with zero attached hydrogens (tertiary/aromatic N) is 1. The van der Waals surface area contributed by atoms with E-state index < -0.39 is 5.97 Å². The lowest BCUT2D eigenvalue weighted by molar-refractivity contribution is -0.134. The Balaban J connectivity index is 1.53. The first kappa shape index (κ1) is 16.5. The Morgan fingerprint density at radius 1 is 1.21 bits per heavy atom. The molecule has 0 aliphatic carbocycles. The summed E-state index contributed by atoms with van der Waals surface area (Å²) in [6.07, 6.45) is 2.88. The molecule has 0 unspecified atom stereocenters. The fourth-order valence-corrected chi connectivity index (χ4v) is 3.49. The van der Waals surface area contributed by atoms with Gasteiger partial charge in [-0.25, -0.2) is 4.79 Å². The first-order valence-electron chi connectivity index (χ1n) is 7.88. The Bertz CT molecular complexity index is 764. The van der Waals surface area contributed by atoms with E-state index >= 15 is 0 Å². The average Bonchev–Trinajstić information content (AvgIpc) is 3.06. The molecule has 0 fully saturated rings. The molecule has 1 aliphatic heterocycles. The number of benzene rings is 1. The van der Waals surface area contributed by atoms with Crippen molar-refractivity contribution in [3.8, 4) is 0 Å². The molecular weight excluding hydrogens is 322 g/mol. The maximum Gasteiger partial charge on any atom is 0.349 e. The van der Waals surface area contributed by atoms with Crippen LogP contribution in [0.1, 0.15) is 27.2 Å². The second-order valence-electron chi connectivity index (χ2n) is 5.69. The molecule has 3 rings (SSSR count). The number of aryl methyl sites for hydroxylation is 1. The highest BCUT2D eigenvalue weighted by atomic mass is 32.1. The highest BCUT2D eigenvalue weighted by molar-refractivity contribution is 7.12. The van der Waals surface area contributed by atoms with Crippen LogP contribution in [0.3, 0.4) is 0 Å². The number of amides is 1. The standard InChI is InChI=1S/C19H19NO3S/c1-14-9-12-24-18(14)19(22)23-13-17(21)20-10-7-16(8-11-20)15-5-3-2-4-6-15/h2-7,9,12H,8,10-11,13H2,1H3. The van der Waals surface area contributed by atoms with Crippen LogP contribution < -0.4 is 0 Å². The predicted molar refractivity (Wildman–Crippen MR) is 95.0 cm³/mol. The molecule has 0 radical (unpaired) electrons. The molecule has 24 heavy (non-hydrogen) atoms. The van der Waals surface area contributed by atoms with Crippen LogP contribution >= 0.6 is 11.3 Å². The summed E-state index contributed by atoms with van der Waals surface area (Å²) in [4.78, 5) is 26.5. The summed E-state index contributed by atoms with van der Waals surface area (Å²) in [6.45, 7) is 2.86. The summed E-state index contributed by atoms with van der Waals surface area (Å²) < 4.78 is 5.15. The minimum atomic E-state index is -0.423. The van der Waals surface area contributed by atoms with Crippen molar-refractivity contribution in [1.29, 1.82) is 0 Å². The van der Waals surface area contributed by atoms with Crippen LogP contribution in [0.25, 0.3) is 5.57 Å². The van der Waals surface area contributed by atoms with Crippen molar-refractivity contribution in [2.75, 3.05) is 19.7 Å². The molecular formula is C19H19NO3S. The number of ether oxygens (including phenoxy) is 1. The molecule has 0 saturated heterocycles. The van der Waals surface area contributed by atoms with Gasteiger partial charge in [0.1, 0.15) is 4.88 Å². The first-order valence-corrected chi connectivity index (χ1v) is 8.76. The predicted octanol–water partition coefficient (Wildman–Crippen LogP) is 3.53. The van der Waals surface area contributed by atoms with Crippen molar-refractivity contribution in [2.45, 2.75) is 13.3 Å². The van der Waals surface area contributed by atoms with Crippen LogP contribution in [0, 0.1) is 6.92 Å². The van der Waals surface area contributed by atoms with Crippen LogP contribution in [0.5, 0.6) is 0 Å². The quantitative estimate of drug-likeness (QED) is 0.799. The van der Waals surface area contributed by atoms with E-state index in [2.05, 4.69) is 18.2 Å². The van der Waals surface area contributed by atoms with E-state index in [1.54, 1.807) is 4.90 Å². The molecule has 0 spiro atoms. The van der Waals surface area contributed by atoms with Gasteiger partial charge in [0.05, 0.1) is 0 Å². The van der Waals surface area contributed by atoms with Crippen LogP contribution in [0.2, 0.25) is 0 Å². The maximum atomic E-state index is 12.2. The third-order valence-corrected chi connectivity index (χ3v) is 5.08. The molecule has 1 amide bonds. The zero-order valence-corrected chi connectivity index (χ0v) is 14.3. The Hall–Kier alpha value is -2.40. The van der Waals surface area contributed by atoms with Gasteiger partial charge in [0.2, 0.25) is 0 Å². The summed E-state index contributed by atoms with van der Waals surface area (Å²) in [6, 6.07) is 12.0. The Kier molecular flexibility index (Phi) is 5.11. The first-order chi connectivity index (χ1) is 11.6. The molecule has 2 aromatic rings. The minimum absolute atomic E-state index is 0.152. The molecule has 1 aromatic carbocycles. The maximum absolute atomic E-state index is 12.2. The van der Waals surface area contributed by atoms with Crippen molar-refractivity contribution in [3.05, 3.63) is 63.9 Å². The molecule has 1 aromatic heterocycles. The average molecular weight is 341 g/mol. The number of carbonyl (C=O) groups excluding carboxylic acids is 2. The third-order valence-electron chi connectivity index (χ3n) is 4.08. The van der Waals surface area contributed by atoms with Gasteiger partial charge in [-0.1, -0.05) is 36.4 Å². The second kappa shape index (κ2) is 7.45. The number of hydrogen-bond acceptors (Lipinski definition) is 4.